The largest absolute Gasteiger partial charge is 0.454 e. The number of pyridine rings is 1. The number of aromatic nitrogens is 3. The lowest BCUT2D eigenvalue weighted by Crippen LogP contribution is -2.40. The number of carbonyl (C=O) groups is 1. The fraction of sp³-hybridized carbons (Fsp3) is 0.241. The number of amides is 1. The highest BCUT2D eigenvalue weighted by Crippen LogP contribution is 2.36. The standard InChI is InChI=1S/C29H25FN4O3/c30-24-8-2-1-7-22(24)23-16-32-29(20-5-3-11-31-15-20)33-28(23)21-6-4-12-34(17-21)27(35)14-19-9-10-25-26(13-19)37-18-36-25/h1-3,5,7-11,13,15-16,21H,4,6,12,14,17-18H2. The van der Waals surface area contributed by atoms with Gasteiger partial charge in [-0.1, -0.05) is 24.3 Å². The Morgan fingerprint density at radius 1 is 1.03 bits per heavy atom. The fourth-order valence-corrected chi connectivity index (χ4v) is 4.99. The third kappa shape index (κ3) is 4.74. The smallest absolute Gasteiger partial charge is 0.231 e. The first-order chi connectivity index (χ1) is 18.2. The zero-order valence-corrected chi connectivity index (χ0v) is 20.1. The minimum Gasteiger partial charge on any atom is -0.454 e. The zero-order valence-electron chi connectivity index (χ0n) is 20.1. The highest BCUT2D eigenvalue weighted by molar-refractivity contribution is 5.79. The summed E-state index contributed by atoms with van der Waals surface area (Å²) in [4.78, 5) is 28.8. The quantitative estimate of drug-likeness (QED) is 0.386. The molecule has 2 aromatic carbocycles. The van der Waals surface area contributed by atoms with E-state index in [4.69, 9.17) is 14.5 Å². The van der Waals surface area contributed by atoms with Gasteiger partial charge >= 0.3 is 0 Å². The van der Waals surface area contributed by atoms with Crippen molar-refractivity contribution in [1.29, 1.82) is 0 Å². The Hall–Kier alpha value is -4.33. The molecule has 0 N–H and O–H groups in total. The van der Waals surface area contributed by atoms with E-state index in [9.17, 15) is 9.18 Å². The van der Waals surface area contributed by atoms with Crippen molar-refractivity contribution < 1.29 is 18.7 Å². The number of nitrogens with zero attached hydrogens (tertiary/aromatic N) is 4. The molecule has 0 bridgehead atoms. The van der Waals surface area contributed by atoms with Gasteiger partial charge in [0.05, 0.1) is 12.1 Å². The summed E-state index contributed by atoms with van der Waals surface area (Å²) in [5.41, 5.74) is 3.53. The Kier molecular flexibility index (Phi) is 6.22. The van der Waals surface area contributed by atoms with Gasteiger partial charge in [-0.25, -0.2) is 14.4 Å². The van der Waals surface area contributed by atoms with Gasteiger partial charge in [0.25, 0.3) is 0 Å². The van der Waals surface area contributed by atoms with Crippen molar-refractivity contribution in [1.82, 2.24) is 19.9 Å². The summed E-state index contributed by atoms with van der Waals surface area (Å²) in [6, 6.07) is 16.0. The second kappa shape index (κ2) is 9.97. The summed E-state index contributed by atoms with van der Waals surface area (Å²) in [7, 11) is 0. The summed E-state index contributed by atoms with van der Waals surface area (Å²) in [5, 5.41) is 0. The van der Waals surface area contributed by atoms with Gasteiger partial charge in [-0.05, 0) is 48.7 Å². The average Bonchev–Trinajstić information content (AvgIpc) is 3.42. The molecule has 4 aromatic rings. The fourth-order valence-electron chi connectivity index (χ4n) is 4.99. The van der Waals surface area contributed by atoms with E-state index in [0.717, 1.165) is 29.7 Å². The van der Waals surface area contributed by atoms with Crippen molar-refractivity contribution in [2.24, 2.45) is 0 Å². The molecule has 1 atom stereocenters. The molecule has 6 rings (SSSR count). The van der Waals surface area contributed by atoms with Crippen LogP contribution in [0.2, 0.25) is 0 Å². The van der Waals surface area contributed by atoms with Gasteiger partial charge in [-0.15, -0.1) is 0 Å². The molecular weight excluding hydrogens is 471 g/mol. The van der Waals surface area contributed by atoms with Gasteiger partial charge < -0.3 is 14.4 Å². The Labute approximate surface area is 213 Å². The lowest BCUT2D eigenvalue weighted by Gasteiger charge is -2.33. The molecule has 2 aliphatic heterocycles. The van der Waals surface area contributed by atoms with Gasteiger partial charge in [-0.3, -0.25) is 9.78 Å². The first kappa shape index (κ1) is 23.1. The van der Waals surface area contributed by atoms with Crippen LogP contribution in [-0.2, 0) is 11.2 Å². The molecule has 1 saturated heterocycles. The van der Waals surface area contributed by atoms with Crippen LogP contribution in [0, 0.1) is 5.82 Å². The van der Waals surface area contributed by atoms with Crippen molar-refractivity contribution in [3.63, 3.8) is 0 Å². The summed E-state index contributed by atoms with van der Waals surface area (Å²) >= 11 is 0. The van der Waals surface area contributed by atoms with Crippen molar-refractivity contribution in [2.45, 2.75) is 25.2 Å². The molecular formula is C29H25FN4O3. The maximum absolute atomic E-state index is 14.8. The number of rotatable bonds is 5. The number of likely N-dealkylation sites (tertiary alicyclic amines) is 1. The highest BCUT2D eigenvalue weighted by Gasteiger charge is 2.29. The summed E-state index contributed by atoms with van der Waals surface area (Å²) in [6.07, 6.45) is 7.05. The normalized spacial score (nSPS) is 16.6. The van der Waals surface area contributed by atoms with E-state index >= 15 is 0 Å². The predicted octanol–water partition coefficient (Wildman–Crippen LogP) is 5.02. The Morgan fingerprint density at radius 3 is 2.78 bits per heavy atom. The first-order valence-corrected chi connectivity index (χ1v) is 12.3. The highest BCUT2D eigenvalue weighted by atomic mass is 19.1. The van der Waals surface area contributed by atoms with Gasteiger partial charge in [0, 0.05) is 54.3 Å². The van der Waals surface area contributed by atoms with Gasteiger partial charge in [0.1, 0.15) is 5.82 Å². The van der Waals surface area contributed by atoms with E-state index < -0.39 is 0 Å². The van der Waals surface area contributed by atoms with Crippen LogP contribution < -0.4 is 9.47 Å². The van der Waals surface area contributed by atoms with Gasteiger partial charge in [0.2, 0.25) is 12.7 Å². The van der Waals surface area contributed by atoms with Gasteiger partial charge in [-0.2, -0.15) is 0 Å². The molecule has 37 heavy (non-hydrogen) atoms. The molecule has 4 heterocycles. The number of hydrogen-bond acceptors (Lipinski definition) is 6. The Balaban J connectivity index is 1.30. The molecule has 0 saturated carbocycles. The lowest BCUT2D eigenvalue weighted by atomic mass is 9.89. The monoisotopic (exact) mass is 496 g/mol. The second-order valence-electron chi connectivity index (χ2n) is 9.26. The van der Waals surface area contributed by atoms with E-state index in [1.165, 1.54) is 6.07 Å². The number of halogens is 1. The molecule has 1 amide bonds. The van der Waals surface area contributed by atoms with Crippen LogP contribution in [0.1, 0.15) is 30.0 Å². The molecule has 1 unspecified atom stereocenters. The molecule has 0 aliphatic carbocycles. The number of hydrogen-bond donors (Lipinski definition) is 0. The topological polar surface area (TPSA) is 77.4 Å². The summed E-state index contributed by atoms with van der Waals surface area (Å²) in [5.74, 6) is 1.56. The summed E-state index contributed by atoms with van der Waals surface area (Å²) in [6.45, 7) is 1.38. The van der Waals surface area contributed by atoms with Crippen LogP contribution in [0.15, 0.2) is 73.2 Å². The van der Waals surface area contributed by atoms with Gasteiger partial charge in [0.15, 0.2) is 17.3 Å². The van der Waals surface area contributed by atoms with E-state index in [2.05, 4.69) is 9.97 Å². The lowest BCUT2D eigenvalue weighted by molar-refractivity contribution is -0.131. The molecule has 7 nitrogen and oxygen atoms in total. The number of ether oxygens (including phenoxy) is 2. The number of carbonyl (C=O) groups excluding carboxylic acids is 1. The first-order valence-electron chi connectivity index (χ1n) is 12.3. The zero-order chi connectivity index (χ0) is 25.2. The predicted molar refractivity (Wildman–Crippen MR) is 135 cm³/mol. The van der Waals surface area contributed by atoms with E-state index in [0.29, 0.717) is 41.5 Å². The maximum Gasteiger partial charge on any atom is 0.231 e. The number of piperidine rings is 1. The van der Waals surface area contributed by atoms with Crippen LogP contribution in [0.25, 0.3) is 22.5 Å². The average molecular weight is 497 g/mol. The molecule has 2 aliphatic rings. The Bertz CT molecular complexity index is 1450. The van der Waals surface area contributed by atoms with E-state index in [1.807, 2.05) is 35.2 Å². The maximum atomic E-state index is 14.8. The molecule has 0 radical (unpaired) electrons. The minimum atomic E-state index is -0.326. The summed E-state index contributed by atoms with van der Waals surface area (Å²) < 4.78 is 25.7. The van der Waals surface area contributed by atoms with Crippen LogP contribution >= 0.6 is 0 Å². The molecule has 8 heteroatoms. The second-order valence-corrected chi connectivity index (χ2v) is 9.26. The van der Waals surface area contributed by atoms with Crippen molar-refractivity contribution in [3.8, 4) is 34.0 Å². The third-order valence-electron chi connectivity index (χ3n) is 6.86. The van der Waals surface area contributed by atoms with Crippen LogP contribution in [0.3, 0.4) is 0 Å². The van der Waals surface area contributed by atoms with Crippen molar-refractivity contribution in [2.75, 3.05) is 19.9 Å². The van der Waals surface area contributed by atoms with E-state index in [1.54, 1.807) is 36.8 Å². The molecule has 186 valence electrons. The van der Waals surface area contributed by atoms with Crippen LogP contribution in [0.4, 0.5) is 4.39 Å². The van der Waals surface area contributed by atoms with Crippen molar-refractivity contribution in [3.05, 3.63) is 90.3 Å². The molecule has 0 spiro atoms. The van der Waals surface area contributed by atoms with E-state index in [-0.39, 0.29) is 30.9 Å². The SMILES string of the molecule is O=C(Cc1ccc2c(c1)OCO2)N1CCCC(c2nc(-c3cccnc3)ncc2-c2ccccc2F)C1. The van der Waals surface area contributed by atoms with Crippen molar-refractivity contribution >= 4 is 5.91 Å². The van der Waals surface area contributed by atoms with Crippen LogP contribution in [0.5, 0.6) is 11.5 Å². The Morgan fingerprint density at radius 2 is 1.92 bits per heavy atom. The molecule has 1 fully saturated rings. The number of fused-ring (bicyclic) bond motifs is 1. The minimum absolute atomic E-state index is 0.0394. The number of benzene rings is 2. The molecule has 2 aromatic heterocycles. The third-order valence-corrected chi connectivity index (χ3v) is 6.86. The van der Waals surface area contributed by atoms with Crippen LogP contribution in [-0.4, -0.2) is 45.6 Å².